The molecular weight excluding hydrogens is 335 g/mol. The van der Waals surface area contributed by atoms with Crippen molar-refractivity contribution in [1.29, 1.82) is 0 Å². The number of hydrogen-bond acceptors (Lipinski definition) is 2. The predicted molar refractivity (Wildman–Crippen MR) is 93.8 cm³/mol. The molecule has 0 saturated heterocycles. The summed E-state index contributed by atoms with van der Waals surface area (Å²) < 4.78 is 5.54. The van der Waals surface area contributed by atoms with Crippen molar-refractivity contribution in [2.75, 3.05) is 7.11 Å². The first kappa shape index (κ1) is 14.3. The Labute approximate surface area is 141 Å². The minimum atomic E-state index is 0.0199. The Hall–Kier alpha value is -2.30. The zero-order chi connectivity index (χ0) is 16.1. The molecule has 2 aromatic carbocycles. The fourth-order valence-electron chi connectivity index (χ4n) is 2.82. The average Bonchev–Trinajstić information content (AvgIpc) is 3.08. The molecule has 23 heavy (non-hydrogen) atoms. The number of rotatable bonds is 2. The van der Waals surface area contributed by atoms with Crippen LogP contribution in [0, 0.1) is 0 Å². The summed E-state index contributed by atoms with van der Waals surface area (Å²) in [5.41, 5.74) is 3.42. The van der Waals surface area contributed by atoms with E-state index in [0.717, 1.165) is 33.2 Å². The number of methoxy groups -OCH3 is 1. The molecule has 116 valence electrons. The lowest BCUT2D eigenvalue weighted by molar-refractivity contribution is 0.421. The Kier molecular flexibility index (Phi) is 3.18. The first-order valence-corrected chi connectivity index (χ1v) is 7.69. The Balaban J connectivity index is 1.99. The summed E-state index contributed by atoms with van der Waals surface area (Å²) in [6.07, 6.45) is 0. The Bertz CT molecular complexity index is 1050. The minimum absolute atomic E-state index is 0.0199. The van der Waals surface area contributed by atoms with Crippen molar-refractivity contribution in [3.05, 3.63) is 46.4 Å². The third kappa shape index (κ3) is 2.22. The highest BCUT2D eigenvalue weighted by atomic mass is 35.5. The molecule has 0 spiro atoms. The lowest BCUT2D eigenvalue weighted by Gasteiger charge is -2.01. The standard InChI is InChI=1S/C17H12Cl2N2O2/c1-23-17-10-6-15(22)11(19)7-13(10)21-16(17)14-5-8-4-9(18)2-3-12(8)20-14/h2-7,20-22H,1H3. The normalized spacial score (nSPS) is 11.4. The first-order chi connectivity index (χ1) is 11.1. The van der Waals surface area contributed by atoms with Gasteiger partial charge in [-0.05, 0) is 36.4 Å². The van der Waals surface area contributed by atoms with Crippen molar-refractivity contribution in [3.63, 3.8) is 0 Å². The van der Waals surface area contributed by atoms with Crippen LogP contribution in [-0.4, -0.2) is 22.2 Å². The van der Waals surface area contributed by atoms with Gasteiger partial charge >= 0.3 is 0 Å². The summed E-state index contributed by atoms with van der Waals surface area (Å²) >= 11 is 12.0. The number of hydrogen-bond donors (Lipinski definition) is 3. The second kappa shape index (κ2) is 5.11. The van der Waals surface area contributed by atoms with Gasteiger partial charge in [0.15, 0.2) is 5.75 Å². The molecule has 0 bridgehead atoms. The molecule has 0 aliphatic rings. The van der Waals surface area contributed by atoms with Crippen LogP contribution in [0.5, 0.6) is 11.5 Å². The number of ether oxygens (including phenoxy) is 1. The van der Waals surface area contributed by atoms with Crippen LogP contribution in [0.1, 0.15) is 0 Å². The van der Waals surface area contributed by atoms with Crippen molar-refractivity contribution in [1.82, 2.24) is 9.97 Å². The van der Waals surface area contributed by atoms with Gasteiger partial charge in [-0.15, -0.1) is 0 Å². The number of phenolic OH excluding ortho intramolecular Hbond substituents is 1. The predicted octanol–water partition coefficient (Wildman–Crippen LogP) is 5.34. The largest absolute Gasteiger partial charge is 0.506 e. The molecule has 0 aliphatic carbocycles. The van der Waals surface area contributed by atoms with Gasteiger partial charge in [0, 0.05) is 21.3 Å². The van der Waals surface area contributed by atoms with Crippen molar-refractivity contribution in [3.8, 4) is 22.9 Å². The second-order valence-corrected chi connectivity index (χ2v) is 6.14. The van der Waals surface area contributed by atoms with Crippen molar-refractivity contribution in [2.45, 2.75) is 0 Å². The molecular formula is C17H12Cl2N2O2. The van der Waals surface area contributed by atoms with Gasteiger partial charge in [-0.25, -0.2) is 0 Å². The van der Waals surface area contributed by atoms with Crippen LogP contribution >= 0.6 is 23.2 Å². The summed E-state index contributed by atoms with van der Waals surface area (Å²) in [7, 11) is 1.59. The number of aromatic nitrogens is 2. The van der Waals surface area contributed by atoms with Crippen molar-refractivity contribution in [2.24, 2.45) is 0 Å². The quantitative estimate of drug-likeness (QED) is 0.458. The molecule has 0 radical (unpaired) electrons. The molecule has 4 aromatic rings. The molecule has 0 unspecified atom stereocenters. The molecule has 4 rings (SSSR count). The number of phenols is 1. The third-order valence-corrected chi connectivity index (χ3v) is 4.41. The van der Waals surface area contributed by atoms with E-state index < -0.39 is 0 Å². The number of nitrogens with one attached hydrogen (secondary N) is 2. The van der Waals surface area contributed by atoms with E-state index in [4.69, 9.17) is 27.9 Å². The van der Waals surface area contributed by atoms with Gasteiger partial charge in [0.2, 0.25) is 0 Å². The van der Waals surface area contributed by atoms with Crippen LogP contribution in [0.25, 0.3) is 33.2 Å². The van der Waals surface area contributed by atoms with Crippen molar-refractivity contribution < 1.29 is 9.84 Å². The lowest BCUT2D eigenvalue weighted by atomic mass is 10.2. The number of aromatic hydroxyl groups is 1. The number of benzene rings is 2. The maximum Gasteiger partial charge on any atom is 0.153 e. The summed E-state index contributed by atoms with van der Waals surface area (Å²) in [4.78, 5) is 6.63. The third-order valence-electron chi connectivity index (χ3n) is 3.87. The van der Waals surface area contributed by atoms with Gasteiger partial charge in [0.25, 0.3) is 0 Å². The van der Waals surface area contributed by atoms with Crippen LogP contribution in [0.3, 0.4) is 0 Å². The smallest absolute Gasteiger partial charge is 0.153 e. The number of H-pyrrole nitrogens is 2. The van der Waals surface area contributed by atoms with E-state index in [-0.39, 0.29) is 10.8 Å². The van der Waals surface area contributed by atoms with Gasteiger partial charge in [-0.3, -0.25) is 0 Å². The van der Waals surface area contributed by atoms with Crippen LogP contribution in [0.15, 0.2) is 36.4 Å². The maximum atomic E-state index is 9.84. The summed E-state index contributed by atoms with van der Waals surface area (Å²) in [5.74, 6) is 0.663. The van der Waals surface area contributed by atoms with E-state index in [1.165, 1.54) is 0 Å². The fourth-order valence-corrected chi connectivity index (χ4v) is 3.16. The van der Waals surface area contributed by atoms with Crippen LogP contribution in [0.2, 0.25) is 10.0 Å². The van der Waals surface area contributed by atoms with E-state index in [2.05, 4.69) is 9.97 Å². The average molecular weight is 347 g/mol. The van der Waals surface area contributed by atoms with E-state index in [0.29, 0.717) is 10.8 Å². The second-order valence-electron chi connectivity index (χ2n) is 5.30. The molecule has 0 saturated carbocycles. The summed E-state index contributed by atoms with van der Waals surface area (Å²) in [6, 6.07) is 10.9. The monoisotopic (exact) mass is 346 g/mol. The fraction of sp³-hybridized carbons (Fsp3) is 0.0588. The highest BCUT2D eigenvalue weighted by Crippen LogP contribution is 2.41. The van der Waals surface area contributed by atoms with E-state index in [1.54, 1.807) is 19.2 Å². The van der Waals surface area contributed by atoms with Gasteiger partial charge in [-0.2, -0.15) is 0 Å². The first-order valence-electron chi connectivity index (χ1n) is 6.93. The SMILES string of the molecule is COc1c(-c2cc3cc(Cl)ccc3[nH]2)[nH]c2cc(Cl)c(O)cc12. The highest BCUT2D eigenvalue weighted by Gasteiger charge is 2.17. The molecule has 0 fully saturated rings. The van der Waals surface area contributed by atoms with Crippen LogP contribution in [-0.2, 0) is 0 Å². The van der Waals surface area contributed by atoms with Gasteiger partial charge < -0.3 is 19.8 Å². The topological polar surface area (TPSA) is 61.0 Å². The van der Waals surface area contributed by atoms with E-state index >= 15 is 0 Å². The molecule has 2 heterocycles. The van der Waals surface area contributed by atoms with Crippen molar-refractivity contribution >= 4 is 45.0 Å². The summed E-state index contributed by atoms with van der Waals surface area (Å²) in [5, 5.41) is 12.6. The molecule has 0 atom stereocenters. The number of aromatic amines is 2. The van der Waals surface area contributed by atoms with Gasteiger partial charge in [0.05, 0.1) is 23.3 Å². The maximum absolute atomic E-state index is 9.84. The number of fused-ring (bicyclic) bond motifs is 2. The van der Waals surface area contributed by atoms with Crippen LogP contribution in [0.4, 0.5) is 0 Å². The Morgan fingerprint density at radius 2 is 1.83 bits per heavy atom. The van der Waals surface area contributed by atoms with Crippen LogP contribution < -0.4 is 4.74 Å². The Morgan fingerprint density at radius 1 is 1.00 bits per heavy atom. The molecule has 3 N–H and O–H groups in total. The highest BCUT2D eigenvalue weighted by molar-refractivity contribution is 6.33. The molecule has 4 nitrogen and oxygen atoms in total. The zero-order valence-electron chi connectivity index (χ0n) is 12.1. The Morgan fingerprint density at radius 3 is 2.61 bits per heavy atom. The van der Waals surface area contributed by atoms with E-state index in [1.807, 2.05) is 24.3 Å². The number of halogens is 2. The molecule has 2 aromatic heterocycles. The van der Waals surface area contributed by atoms with E-state index in [9.17, 15) is 5.11 Å². The minimum Gasteiger partial charge on any atom is -0.506 e. The van der Waals surface area contributed by atoms with Gasteiger partial charge in [-0.1, -0.05) is 23.2 Å². The van der Waals surface area contributed by atoms with Gasteiger partial charge in [0.1, 0.15) is 11.4 Å². The molecule has 6 heteroatoms. The summed E-state index contributed by atoms with van der Waals surface area (Å²) in [6.45, 7) is 0. The molecule has 0 aliphatic heterocycles. The molecule has 0 amide bonds. The lowest BCUT2D eigenvalue weighted by Crippen LogP contribution is -1.85. The zero-order valence-corrected chi connectivity index (χ0v) is 13.6.